The minimum Gasteiger partial charge on any atom is -0.352 e. The fourth-order valence-corrected chi connectivity index (χ4v) is 3.21. The molecule has 150 valence electrons. The lowest BCUT2D eigenvalue weighted by Gasteiger charge is -2.23. The number of aryl methyl sites for hydroxylation is 2. The monoisotopic (exact) mass is 380 g/mol. The molecule has 0 spiro atoms. The van der Waals surface area contributed by atoms with E-state index in [1.54, 1.807) is 6.07 Å². The Balaban J connectivity index is 1.96. The average Bonchev–Trinajstić information content (AvgIpc) is 2.66. The normalized spacial score (nSPS) is 13.0. The Bertz CT molecular complexity index is 771. The molecule has 0 bridgehead atoms. The molecule has 0 fully saturated rings. The van der Waals surface area contributed by atoms with Crippen LogP contribution in [0.3, 0.4) is 0 Å². The third-order valence-electron chi connectivity index (χ3n) is 4.82. The van der Waals surface area contributed by atoms with Gasteiger partial charge in [0.05, 0.1) is 0 Å². The van der Waals surface area contributed by atoms with Gasteiger partial charge in [-0.1, -0.05) is 62.4 Å². The van der Waals surface area contributed by atoms with E-state index in [0.29, 0.717) is 17.9 Å². The van der Waals surface area contributed by atoms with Crippen LogP contribution in [0, 0.1) is 12.8 Å². The number of carbonyl (C=O) groups excluding carboxylic acids is 2. The van der Waals surface area contributed by atoms with Gasteiger partial charge in [-0.25, -0.2) is 0 Å². The zero-order valence-electron chi connectivity index (χ0n) is 17.4. The molecule has 0 aliphatic rings. The number of amides is 2. The fraction of sp³-hybridized carbons (Fsp3) is 0.417. The van der Waals surface area contributed by atoms with Crippen LogP contribution in [-0.4, -0.2) is 23.9 Å². The summed E-state index contributed by atoms with van der Waals surface area (Å²) in [6.45, 7) is 8.02. The lowest BCUT2D eigenvalue weighted by Crippen LogP contribution is -2.49. The molecule has 0 saturated carbocycles. The Labute approximate surface area is 168 Å². The van der Waals surface area contributed by atoms with Gasteiger partial charge in [0, 0.05) is 11.6 Å². The van der Waals surface area contributed by atoms with Gasteiger partial charge in [-0.2, -0.15) is 0 Å². The molecule has 2 atom stereocenters. The molecule has 2 aromatic rings. The van der Waals surface area contributed by atoms with Crippen molar-refractivity contribution < 1.29 is 9.59 Å². The van der Waals surface area contributed by atoms with E-state index < -0.39 is 6.04 Å². The third-order valence-corrected chi connectivity index (χ3v) is 4.82. The maximum absolute atomic E-state index is 12.8. The predicted octanol–water partition coefficient (Wildman–Crippen LogP) is 4.28. The van der Waals surface area contributed by atoms with Crippen LogP contribution in [0.4, 0.5) is 0 Å². The van der Waals surface area contributed by atoms with Crippen LogP contribution in [0.5, 0.6) is 0 Å². The molecule has 2 aromatic carbocycles. The lowest BCUT2D eigenvalue weighted by molar-refractivity contribution is -0.124. The van der Waals surface area contributed by atoms with Crippen molar-refractivity contribution in [2.75, 3.05) is 0 Å². The van der Waals surface area contributed by atoms with Crippen molar-refractivity contribution in [1.82, 2.24) is 10.6 Å². The first-order chi connectivity index (χ1) is 13.4. The van der Waals surface area contributed by atoms with Crippen molar-refractivity contribution in [2.45, 2.75) is 59.0 Å². The number of carbonyl (C=O) groups is 2. The summed E-state index contributed by atoms with van der Waals surface area (Å²) in [6, 6.07) is 17.2. The Morgan fingerprint density at radius 1 is 0.893 bits per heavy atom. The highest BCUT2D eigenvalue weighted by atomic mass is 16.2. The van der Waals surface area contributed by atoms with Crippen LogP contribution in [0.25, 0.3) is 0 Å². The summed E-state index contributed by atoms with van der Waals surface area (Å²) in [7, 11) is 0. The van der Waals surface area contributed by atoms with Gasteiger partial charge in [-0.05, 0) is 56.2 Å². The molecule has 0 radical (unpaired) electrons. The van der Waals surface area contributed by atoms with Crippen molar-refractivity contribution in [3.05, 3.63) is 71.3 Å². The molecule has 2 amide bonds. The summed E-state index contributed by atoms with van der Waals surface area (Å²) in [5.41, 5.74) is 2.77. The van der Waals surface area contributed by atoms with E-state index in [0.717, 1.165) is 18.4 Å². The summed E-state index contributed by atoms with van der Waals surface area (Å²) in [4.78, 5) is 25.5. The standard InChI is InChI=1S/C24H32N2O2/c1-17(2)16-22(26-23(27)21-13-9-8-10-18(21)3)24(28)25-19(4)14-15-20-11-6-5-7-12-20/h5-13,17,19,22H,14-16H2,1-4H3,(H,25,28)(H,26,27). The summed E-state index contributed by atoms with van der Waals surface area (Å²) >= 11 is 0. The molecular weight excluding hydrogens is 348 g/mol. The van der Waals surface area contributed by atoms with Crippen LogP contribution in [0.2, 0.25) is 0 Å². The quantitative estimate of drug-likeness (QED) is 0.682. The summed E-state index contributed by atoms with van der Waals surface area (Å²) < 4.78 is 0. The summed E-state index contributed by atoms with van der Waals surface area (Å²) in [6.07, 6.45) is 2.37. The van der Waals surface area contributed by atoms with Crippen molar-refractivity contribution in [2.24, 2.45) is 5.92 Å². The first-order valence-corrected chi connectivity index (χ1v) is 10.1. The van der Waals surface area contributed by atoms with Gasteiger partial charge in [-0.15, -0.1) is 0 Å². The third kappa shape index (κ3) is 6.84. The first kappa shape index (κ1) is 21.7. The van der Waals surface area contributed by atoms with Gasteiger partial charge in [0.25, 0.3) is 5.91 Å². The fourth-order valence-electron chi connectivity index (χ4n) is 3.21. The highest BCUT2D eigenvalue weighted by molar-refractivity contribution is 5.98. The lowest BCUT2D eigenvalue weighted by atomic mass is 10.0. The van der Waals surface area contributed by atoms with Crippen LogP contribution in [0.15, 0.2) is 54.6 Å². The smallest absolute Gasteiger partial charge is 0.252 e. The van der Waals surface area contributed by atoms with E-state index in [1.165, 1.54) is 5.56 Å². The van der Waals surface area contributed by atoms with Gasteiger partial charge < -0.3 is 10.6 Å². The van der Waals surface area contributed by atoms with E-state index in [1.807, 2.05) is 50.2 Å². The number of rotatable bonds is 9. The van der Waals surface area contributed by atoms with Crippen molar-refractivity contribution in [1.29, 1.82) is 0 Å². The average molecular weight is 381 g/mol. The highest BCUT2D eigenvalue weighted by Gasteiger charge is 2.24. The molecule has 2 rings (SSSR count). The zero-order valence-corrected chi connectivity index (χ0v) is 17.4. The second-order valence-electron chi connectivity index (χ2n) is 7.90. The molecule has 28 heavy (non-hydrogen) atoms. The molecule has 0 aliphatic heterocycles. The molecule has 2 unspecified atom stereocenters. The van der Waals surface area contributed by atoms with Gasteiger partial charge in [0.1, 0.15) is 6.04 Å². The van der Waals surface area contributed by atoms with E-state index in [-0.39, 0.29) is 17.9 Å². The largest absolute Gasteiger partial charge is 0.352 e. The SMILES string of the molecule is Cc1ccccc1C(=O)NC(CC(C)C)C(=O)NC(C)CCc1ccccc1. The molecule has 2 N–H and O–H groups in total. The minimum absolute atomic E-state index is 0.0396. The second kappa shape index (κ2) is 10.6. The zero-order chi connectivity index (χ0) is 20.5. The molecule has 0 heterocycles. The van der Waals surface area contributed by atoms with E-state index >= 15 is 0 Å². The van der Waals surface area contributed by atoms with Crippen LogP contribution in [-0.2, 0) is 11.2 Å². The van der Waals surface area contributed by atoms with E-state index in [4.69, 9.17) is 0 Å². The van der Waals surface area contributed by atoms with Gasteiger partial charge in [-0.3, -0.25) is 9.59 Å². The summed E-state index contributed by atoms with van der Waals surface area (Å²) in [5, 5.41) is 6.01. The molecular formula is C24H32N2O2. The molecule has 0 aliphatic carbocycles. The maximum atomic E-state index is 12.8. The number of nitrogens with one attached hydrogen (secondary N) is 2. The molecule has 0 saturated heterocycles. The first-order valence-electron chi connectivity index (χ1n) is 10.1. The van der Waals surface area contributed by atoms with E-state index in [9.17, 15) is 9.59 Å². The number of hydrogen-bond donors (Lipinski definition) is 2. The Kier molecular flexibility index (Phi) is 8.24. The molecule has 0 aromatic heterocycles. The van der Waals surface area contributed by atoms with Crippen molar-refractivity contribution in [3.63, 3.8) is 0 Å². The van der Waals surface area contributed by atoms with Crippen LogP contribution >= 0.6 is 0 Å². The maximum Gasteiger partial charge on any atom is 0.252 e. The Morgan fingerprint density at radius 3 is 2.18 bits per heavy atom. The van der Waals surface area contributed by atoms with Gasteiger partial charge in [0.15, 0.2) is 0 Å². The van der Waals surface area contributed by atoms with Gasteiger partial charge in [0.2, 0.25) is 5.91 Å². The topological polar surface area (TPSA) is 58.2 Å². The molecule has 4 heteroatoms. The van der Waals surface area contributed by atoms with E-state index in [2.05, 4.69) is 36.6 Å². The molecule has 4 nitrogen and oxygen atoms in total. The van der Waals surface area contributed by atoms with Crippen LogP contribution in [0.1, 0.15) is 55.1 Å². The van der Waals surface area contributed by atoms with Gasteiger partial charge >= 0.3 is 0 Å². The minimum atomic E-state index is -0.536. The predicted molar refractivity (Wildman–Crippen MR) is 114 cm³/mol. The highest BCUT2D eigenvalue weighted by Crippen LogP contribution is 2.11. The second-order valence-corrected chi connectivity index (χ2v) is 7.90. The number of benzene rings is 2. The Hall–Kier alpha value is -2.62. The number of hydrogen-bond acceptors (Lipinski definition) is 2. The van der Waals surface area contributed by atoms with Crippen LogP contribution < -0.4 is 10.6 Å². The Morgan fingerprint density at radius 2 is 1.54 bits per heavy atom. The van der Waals surface area contributed by atoms with Crippen molar-refractivity contribution in [3.8, 4) is 0 Å². The van der Waals surface area contributed by atoms with Crippen molar-refractivity contribution >= 4 is 11.8 Å². The summed E-state index contributed by atoms with van der Waals surface area (Å²) in [5.74, 6) is -0.0143.